The first-order valence-corrected chi connectivity index (χ1v) is 6.30. The van der Waals surface area contributed by atoms with E-state index < -0.39 is 5.97 Å². The van der Waals surface area contributed by atoms with E-state index in [0.29, 0.717) is 16.8 Å². The largest absolute Gasteiger partial charge is 0.462 e. The van der Waals surface area contributed by atoms with Gasteiger partial charge in [-0.25, -0.2) is 9.78 Å². The van der Waals surface area contributed by atoms with Crippen molar-refractivity contribution in [3.8, 4) is 11.3 Å². The number of hydrogen-bond donors (Lipinski definition) is 0. The Labute approximate surface area is 120 Å². The molecule has 6 heteroatoms. The first-order valence-electron chi connectivity index (χ1n) is 5.92. The van der Waals surface area contributed by atoms with Gasteiger partial charge in [-0.3, -0.25) is 0 Å². The summed E-state index contributed by atoms with van der Waals surface area (Å²) in [5.41, 5.74) is 1.72. The van der Waals surface area contributed by atoms with Gasteiger partial charge in [0.05, 0.1) is 17.9 Å². The molecule has 0 N–H and O–H groups in total. The summed E-state index contributed by atoms with van der Waals surface area (Å²) in [4.78, 5) is 26.4. The third-order valence-corrected chi connectivity index (χ3v) is 2.75. The molecule has 2 rings (SSSR count). The van der Waals surface area contributed by atoms with Crippen molar-refractivity contribution in [2.75, 3.05) is 6.61 Å². The fourth-order valence-corrected chi connectivity index (χ4v) is 1.91. The maximum absolute atomic E-state index is 11.7. The van der Waals surface area contributed by atoms with Gasteiger partial charge in [0.1, 0.15) is 10.8 Å². The SMILES string of the molecule is CCOC(=O)c1cc(Cl)nc(-c2cccc(N=O)c2)c1. The van der Waals surface area contributed by atoms with Crippen LogP contribution in [0, 0.1) is 4.91 Å². The monoisotopic (exact) mass is 290 g/mol. The van der Waals surface area contributed by atoms with E-state index in [1.54, 1.807) is 37.3 Å². The van der Waals surface area contributed by atoms with Gasteiger partial charge in [-0.05, 0) is 36.4 Å². The highest BCUT2D eigenvalue weighted by molar-refractivity contribution is 6.29. The summed E-state index contributed by atoms with van der Waals surface area (Å²) >= 11 is 5.91. The molecule has 0 saturated heterocycles. The molecule has 0 aliphatic carbocycles. The highest BCUT2D eigenvalue weighted by Crippen LogP contribution is 2.25. The summed E-state index contributed by atoms with van der Waals surface area (Å²) in [6, 6.07) is 9.58. The Balaban J connectivity index is 2.46. The average Bonchev–Trinajstić information content (AvgIpc) is 2.47. The second-order valence-corrected chi connectivity index (χ2v) is 4.31. The van der Waals surface area contributed by atoms with E-state index >= 15 is 0 Å². The summed E-state index contributed by atoms with van der Waals surface area (Å²) in [5.74, 6) is -0.470. The van der Waals surface area contributed by atoms with Crippen molar-refractivity contribution >= 4 is 23.3 Å². The predicted molar refractivity (Wildman–Crippen MR) is 76.1 cm³/mol. The number of hydrogen-bond acceptors (Lipinski definition) is 5. The molecule has 0 aliphatic heterocycles. The molecule has 2 aromatic rings. The van der Waals surface area contributed by atoms with Gasteiger partial charge in [0.2, 0.25) is 0 Å². The molecule has 0 saturated carbocycles. The minimum Gasteiger partial charge on any atom is -0.462 e. The maximum Gasteiger partial charge on any atom is 0.338 e. The average molecular weight is 291 g/mol. The number of benzene rings is 1. The number of halogens is 1. The third-order valence-electron chi connectivity index (χ3n) is 2.55. The van der Waals surface area contributed by atoms with Gasteiger partial charge in [0, 0.05) is 5.56 Å². The van der Waals surface area contributed by atoms with Gasteiger partial charge in [0.25, 0.3) is 0 Å². The number of pyridine rings is 1. The molecule has 0 atom stereocenters. The number of rotatable bonds is 4. The summed E-state index contributed by atoms with van der Waals surface area (Å²) in [7, 11) is 0. The summed E-state index contributed by atoms with van der Waals surface area (Å²) in [6.07, 6.45) is 0. The van der Waals surface area contributed by atoms with Gasteiger partial charge in [-0.2, -0.15) is 0 Å². The molecular formula is C14H11ClN2O3. The van der Waals surface area contributed by atoms with E-state index in [2.05, 4.69) is 10.2 Å². The van der Waals surface area contributed by atoms with E-state index in [1.165, 1.54) is 6.07 Å². The molecule has 0 fully saturated rings. The zero-order chi connectivity index (χ0) is 14.5. The van der Waals surface area contributed by atoms with E-state index in [4.69, 9.17) is 16.3 Å². The molecule has 1 aromatic carbocycles. The molecular weight excluding hydrogens is 280 g/mol. The lowest BCUT2D eigenvalue weighted by atomic mass is 10.1. The topological polar surface area (TPSA) is 68.6 Å². The summed E-state index contributed by atoms with van der Waals surface area (Å²) in [5, 5.41) is 3.04. The fraction of sp³-hybridized carbons (Fsp3) is 0.143. The van der Waals surface area contributed by atoms with Gasteiger partial charge in [-0.15, -0.1) is 4.91 Å². The lowest BCUT2D eigenvalue weighted by Crippen LogP contribution is -2.05. The molecule has 1 aromatic heterocycles. The van der Waals surface area contributed by atoms with Crippen LogP contribution in [-0.4, -0.2) is 17.6 Å². The van der Waals surface area contributed by atoms with Gasteiger partial charge >= 0.3 is 5.97 Å². The second kappa shape index (κ2) is 6.25. The molecule has 5 nitrogen and oxygen atoms in total. The molecule has 0 spiro atoms. The number of carbonyl (C=O) groups is 1. The van der Waals surface area contributed by atoms with Crippen LogP contribution in [0.15, 0.2) is 41.6 Å². The molecule has 0 bridgehead atoms. The number of aromatic nitrogens is 1. The van der Waals surface area contributed by atoms with E-state index in [0.717, 1.165) is 0 Å². The lowest BCUT2D eigenvalue weighted by molar-refractivity contribution is 0.0526. The Morgan fingerprint density at radius 2 is 2.15 bits per heavy atom. The van der Waals surface area contributed by atoms with Gasteiger partial charge < -0.3 is 4.74 Å². The number of ether oxygens (including phenoxy) is 1. The van der Waals surface area contributed by atoms with E-state index in [9.17, 15) is 9.70 Å². The first-order chi connectivity index (χ1) is 9.63. The zero-order valence-corrected chi connectivity index (χ0v) is 11.4. The molecule has 0 radical (unpaired) electrons. The summed E-state index contributed by atoms with van der Waals surface area (Å²) in [6.45, 7) is 2.00. The van der Waals surface area contributed by atoms with Crippen LogP contribution in [-0.2, 0) is 4.74 Å². The number of esters is 1. The molecule has 0 aliphatic rings. The van der Waals surface area contributed by atoms with Crippen molar-refractivity contribution < 1.29 is 9.53 Å². The first kappa shape index (κ1) is 14.1. The van der Waals surface area contributed by atoms with E-state index in [-0.39, 0.29) is 17.4 Å². The van der Waals surface area contributed by atoms with Crippen LogP contribution in [0.1, 0.15) is 17.3 Å². The van der Waals surface area contributed by atoms with Crippen molar-refractivity contribution in [1.82, 2.24) is 4.98 Å². The third kappa shape index (κ3) is 3.19. The zero-order valence-electron chi connectivity index (χ0n) is 10.7. The standard InChI is InChI=1S/C14H11ClN2O3/c1-2-20-14(18)10-7-12(16-13(15)8-10)9-4-3-5-11(6-9)17-19/h3-8H,2H2,1H3. The molecule has 1 heterocycles. The normalized spacial score (nSPS) is 10.1. The van der Waals surface area contributed by atoms with Crippen LogP contribution in [0.5, 0.6) is 0 Å². The molecule has 102 valence electrons. The second-order valence-electron chi connectivity index (χ2n) is 3.93. The minimum atomic E-state index is -0.470. The van der Waals surface area contributed by atoms with Crippen LogP contribution in [0.2, 0.25) is 5.15 Å². The van der Waals surface area contributed by atoms with Crippen molar-refractivity contribution in [2.24, 2.45) is 5.18 Å². The Morgan fingerprint density at radius 1 is 1.35 bits per heavy atom. The minimum absolute atomic E-state index is 0.176. The van der Waals surface area contributed by atoms with Gasteiger partial charge in [0.15, 0.2) is 0 Å². The highest BCUT2D eigenvalue weighted by atomic mass is 35.5. The van der Waals surface area contributed by atoms with Crippen molar-refractivity contribution in [3.63, 3.8) is 0 Å². The molecule has 0 amide bonds. The lowest BCUT2D eigenvalue weighted by Gasteiger charge is -2.06. The Kier molecular flexibility index (Phi) is 4.42. The van der Waals surface area contributed by atoms with Crippen LogP contribution in [0.3, 0.4) is 0 Å². The van der Waals surface area contributed by atoms with Crippen molar-refractivity contribution in [2.45, 2.75) is 6.92 Å². The summed E-state index contributed by atoms with van der Waals surface area (Å²) < 4.78 is 4.92. The van der Waals surface area contributed by atoms with Crippen LogP contribution in [0.25, 0.3) is 11.3 Å². The Hall–Kier alpha value is -2.27. The van der Waals surface area contributed by atoms with Crippen molar-refractivity contribution in [1.29, 1.82) is 0 Å². The number of nitroso groups, excluding NO2 is 1. The quantitative estimate of drug-likeness (QED) is 0.485. The predicted octanol–water partition coefficient (Wildman–Crippen LogP) is 3.98. The maximum atomic E-state index is 11.7. The van der Waals surface area contributed by atoms with E-state index in [1.807, 2.05) is 0 Å². The van der Waals surface area contributed by atoms with Crippen LogP contribution in [0.4, 0.5) is 5.69 Å². The molecule has 0 unspecified atom stereocenters. The Bertz CT molecular complexity index is 659. The fourth-order valence-electron chi connectivity index (χ4n) is 1.70. The number of carbonyl (C=O) groups excluding carboxylic acids is 1. The van der Waals surface area contributed by atoms with Crippen molar-refractivity contribution in [3.05, 3.63) is 52.0 Å². The van der Waals surface area contributed by atoms with Crippen LogP contribution >= 0.6 is 11.6 Å². The molecule has 20 heavy (non-hydrogen) atoms. The van der Waals surface area contributed by atoms with Crippen LogP contribution < -0.4 is 0 Å². The van der Waals surface area contributed by atoms with Gasteiger partial charge in [-0.1, -0.05) is 23.7 Å². The smallest absolute Gasteiger partial charge is 0.338 e. The Morgan fingerprint density at radius 3 is 2.85 bits per heavy atom. The number of nitrogens with zero attached hydrogens (tertiary/aromatic N) is 2. The highest BCUT2D eigenvalue weighted by Gasteiger charge is 2.11.